The van der Waals surface area contributed by atoms with Crippen molar-refractivity contribution < 1.29 is 13.9 Å². The highest BCUT2D eigenvalue weighted by Crippen LogP contribution is 2.27. The van der Waals surface area contributed by atoms with Gasteiger partial charge in [-0.05, 0) is 19.4 Å². The van der Waals surface area contributed by atoms with Crippen molar-refractivity contribution in [2.45, 2.75) is 45.9 Å². The van der Waals surface area contributed by atoms with E-state index < -0.39 is 0 Å². The topological polar surface area (TPSA) is 67.4 Å². The Hall–Kier alpha value is -2.06. The lowest BCUT2D eigenvalue weighted by Gasteiger charge is -2.19. The van der Waals surface area contributed by atoms with Crippen molar-refractivity contribution in [3.63, 3.8) is 0 Å². The van der Waals surface area contributed by atoms with Gasteiger partial charge in [0.05, 0.1) is 6.20 Å². The summed E-state index contributed by atoms with van der Waals surface area (Å²) in [6.45, 7) is 6.85. The van der Waals surface area contributed by atoms with Crippen molar-refractivity contribution >= 4 is 22.4 Å². The van der Waals surface area contributed by atoms with Crippen LogP contribution < -0.4 is 10.1 Å². The fourth-order valence-electron chi connectivity index (χ4n) is 2.89. The molecular formula is C17H21FN4O2S. The summed E-state index contributed by atoms with van der Waals surface area (Å²) < 4.78 is 19.2. The average molecular weight is 364 g/mol. The van der Waals surface area contributed by atoms with Crippen molar-refractivity contribution in [3.05, 3.63) is 34.7 Å². The zero-order chi connectivity index (χ0) is 18.0. The third kappa shape index (κ3) is 4.52. The highest BCUT2D eigenvalue weighted by Gasteiger charge is 2.31. The molecule has 0 aromatic carbocycles. The first-order valence-electron chi connectivity index (χ1n) is 8.16. The molecule has 0 radical (unpaired) electrons. The molecule has 0 unspecified atom stereocenters. The molecule has 25 heavy (non-hydrogen) atoms. The minimum atomic E-state index is -0.325. The van der Waals surface area contributed by atoms with E-state index in [1.54, 1.807) is 19.2 Å². The number of nitrogens with zero attached hydrogens (tertiary/aromatic N) is 3. The summed E-state index contributed by atoms with van der Waals surface area (Å²) in [6.07, 6.45) is 3.90. The van der Waals surface area contributed by atoms with Crippen molar-refractivity contribution in [2.24, 2.45) is 0 Å². The number of rotatable bonds is 5. The van der Waals surface area contributed by atoms with E-state index in [1.807, 2.05) is 0 Å². The number of likely N-dealkylation sites (tertiary alicyclic amines) is 1. The van der Waals surface area contributed by atoms with Crippen LogP contribution in [0.3, 0.4) is 0 Å². The molecule has 2 atom stereocenters. The van der Waals surface area contributed by atoms with Crippen LogP contribution in [0.4, 0.5) is 9.52 Å². The van der Waals surface area contributed by atoms with Gasteiger partial charge in [0.15, 0.2) is 5.13 Å². The van der Waals surface area contributed by atoms with E-state index in [9.17, 15) is 9.18 Å². The molecule has 0 saturated carbocycles. The Morgan fingerprint density at radius 3 is 3.00 bits per heavy atom. The maximum absolute atomic E-state index is 13.3. The lowest BCUT2D eigenvalue weighted by molar-refractivity contribution is -0.114. The fraction of sp³-hybridized carbons (Fsp3) is 0.471. The number of pyridine rings is 1. The van der Waals surface area contributed by atoms with Gasteiger partial charge in [-0.1, -0.05) is 0 Å². The molecule has 134 valence electrons. The molecule has 6 nitrogen and oxygen atoms in total. The molecule has 1 saturated heterocycles. The van der Waals surface area contributed by atoms with Gasteiger partial charge in [-0.25, -0.2) is 14.4 Å². The monoisotopic (exact) mass is 364 g/mol. The highest BCUT2D eigenvalue weighted by atomic mass is 32.1. The second-order valence-electron chi connectivity index (χ2n) is 6.34. The molecule has 1 fully saturated rings. The first-order chi connectivity index (χ1) is 11.9. The number of carbonyl (C=O) groups excluding carboxylic acids is 1. The Labute approximate surface area is 150 Å². The molecule has 8 heteroatoms. The summed E-state index contributed by atoms with van der Waals surface area (Å²) in [5.74, 6) is 0.0172. The second-order valence-corrected chi connectivity index (χ2v) is 7.45. The summed E-state index contributed by atoms with van der Waals surface area (Å²) in [5.41, 5.74) is 0.531. The molecule has 0 spiro atoms. The van der Waals surface area contributed by atoms with Crippen LogP contribution in [0, 0.1) is 12.7 Å². The molecule has 1 N–H and O–H groups in total. The summed E-state index contributed by atoms with van der Waals surface area (Å²) >= 11 is 1.48. The fourth-order valence-corrected chi connectivity index (χ4v) is 3.77. The van der Waals surface area contributed by atoms with Gasteiger partial charge in [0.2, 0.25) is 11.8 Å². The van der Waals surface area contributed by atoms with Gasteiger partial charge in [0.25, 0.3) is 0 Å². The lowest BCUT2D eigenvalue weighted by atomic mass is 10.2. The van der Waals surface area contributed by atoms with Crippen LogP contribution in [0.25, 0.3) is 0 Å². The Balaban J connectivity index is 1.58. The van der Waals surface area contributed by atoms with Crippen LogP contribution in [0.15, 0.2) is 18.5 Å². The van der Waals surface area contributed by atoms with Crippen LogP contribution in [0.5, 0.6) is 5.88 Å². The maximum Gasteiger partial charge on any atom is 0.223 e. The zero-order valence-electron chi connectivity index (χ0n) is 14.5. The molecule has 2 aromatic rings. The van der Waals surface area contributed by atoms with Gasteiger partial charge < -0.3 is 10.1 Å². The van der Waals surface area contributed by atoms with Gasteiger partial charge in [-0.2, -0.15) is 0 Å². The molecule has 2 aromatic heterocycles. The van der Waals surface area contributed by atoms with E-state index in [0.717, 1.165) is 24.4 Å². The first kappa shape index (κ1) is 17.8. The van der Waals surface area contributed by atoms with Gasteiger partial charge in [-0.3, -0.25) is 9.69 Å². The maximum atomic E-state index is 13.3. The molecule has 1 aliphatic heterocycles. The van der Waals surface area contributed by atoms with E-state index in [1.165, 1.54) is 24.5 Å². The number of aryl methyl sites for hydroxylation is 1. The Kier molecular flexibility index (Phi) is 5.29. The third-order valence-electron chi connectivity index (χ3n) is 4.17. The van der Waals surface area contributed by atoms with E-state index in [4.69, 9.17) is 4.74 Å². The average Bonchev–Trinajstić information content (AvgIpc) is 3.10. The molecule has 0 aliphatic carbocycles. The SMILES string of the molecule is CC(=O)Nc1ncc(CN2C[C@H](Oc3cc(C)c(F)cn3)C[C@@H]2C)s1. The number of anilines is 1. The van der Waals surface area contributed by atoms with E-state index in [2.05, 4.69) is 27.1 Å². The third-order valence-corrected chi connectivity index (χ3v) is 5.07. The van der Waals surface area contributed by atoms with Gasteiger partial charge >= 0.3 is 0 Å². The predicted octanol–water partition coefficient (Wildman–Crippen LogP) is 2.99. The number of ether oxygens (including phenoxy) is 1. The summed E-state index contributed by atoms with van der Waals surface area (Å²) in [5, 5.41) is 3.32. The van der Waals surface area contributed by atoms with Crippen molar-refractivity contribution in [3.8, 4) is 5.88 Å². The molecule has 0 bridgehead atoms. The largest absolute Gasteiger partial charge is 0.473 e. The van der Waals surface area contributed by atoms with Crippen molar-refractivity contribution in [2.75, 3.05) is 11.9 Å². The van der Waals surface area contributed by atoms with Gasteiger partial charge in [0, 0.05) is 49.6 Å². The van der Waals surface area contributed by atoms with Gasteiger partial charge in [-0.15, -0.1) is 11.3 Å². The minimum Gasteiger partial charge on any atom is -0.473 e. The van der Waals surface area contributed by atoms with Crippen LogP contribution in [0.1, 0.15) is 30.7 Å². The number of nitrogens with one attached hydrogen (secondary N) is 1. The van der Waals surface area contributed by atoms with Crippen LogP contribution in [-0.4, -0.2) is 39.5 Å². The number of carbonyl (C=O) groups is 1. The summed E-state index contributed by atoms with van der Waals surface area (Å²) in [4.78, 5) is 22.7. The Bertz CT molecular complexity index is 767. The van der Waals surface area contributed by atoms with E-state index in [0.29, 0.717) is 22.6 Å². The van der Waals surface area contributed by atoms with E-state index >= 15 is 0 Å². The summed E-state index contributed by atoms with van der Waals surface area (Å²) in [6, 6.07) is 1.99. The first-order valence-corrected chi connectivity index (χ1v) is 8.97. The van der Waals surface area contributed by atoms with Crippen molar-refractivity contribution in [1.29, 1.82) is 0 Å². The minimum absolute atomic E-state index is 0.0232. The Morgan fingerprint density at radius 2 is 2.28 bits per heavy atom. The Morgan fingerprint density at radius 1 is 1.48 bits per heavy atom. The molecule has 1 aliphatic rings. The molecule has 3 rings (SSSR count). The number of hydrogen-bond donors (Lipinski definition) is 1. The van der Waals surface area contributed by atoms with E-state index in [-0.39, 0.29) is 17.8 Å². The number of hydrogen-bond acceptors (Lipinski definition) is 6. The number of halogens is 1. The standard InChI is InChI=1S/C17H21FN4O2S/c1-10-4-16(19-7-15(10)18)24-13-5-11(2)22(8-13)9-14-6-20-17(25-14)21-12(3)23/h4,6-7,11,13H,5,8-9H2,1-3H3,(H,20,21,23)/t11-,13+/m0/s1. The smallest absolute Gasteiger partial charge is 0.223 e. The second kappa shape index (κ2) is 7.45. The predicted molar refractivity (Wildman–Crippen MR) is 94.3 cm³/mol. The van der Waals surface area contributed by atoms with Crippen LogP contribution in [-0.2, 0) is 11.3 Å². The van der Waals surface area contributed by atoms with Crippen LogP contribution in [0.2, 0.25) is 0 Å². The number of amides is 1. The number of thiazole rings is 1. The van der Waals surface area contributed by atoms with Gasteiger partial charge in [0.1, 0.15) is 11.9 Å². The highest BCUT2D eigenvalue weighted by molar-refractivity contribution is 7.15. The quantitative estimate of drug-likeness (QED) is 0.883. The summed E-state index contributed by atoms with van der Waals surface area (Å²) in [7, 11) is 0. The molecule has 1 amide bonds. The van der Waals surface area contributed by atoms with Crippen molar-refractivity contribution in [1.82, 2.24) is 14.9 Å². The molecular weight excluding hydrogens is 343 g/mol. The number of aromatic nitrogens is 2. The lowest BCUT2D eigenvalue weighted by Crippen LogP contribution is -2.27. The normalized spacial score (nSPS) is 20.6. The van der Waals surface area contributed by atoms with Crippen LogP contribution >= 0.6 is 11.3 Å². The zero-order valence-corrected chi connectivity index (χ0v) is 15.3. The molecule has 3 heterocycles.